The molecule has 1 amide bonds. The second kappa shape index (κ2) is 7.95. The predicted octanol–water partition coefficient (Wildman–Crippen LogP) is 3.27. The van der Waals surface area contributed by atoms with Gasteiger partial charge in [-0.15, -0.1) is 0 Å². The molecule has 0 aromatic heterocycles. The van der Waals surface area contributed by atoms with E-state index in [-0.39, 0.29) is 0 Å². The van der Waals surface area contributed by atoms with Crippen LogP contribution in [0.1, 0.15) is 46.2 Å². The number of methoxy groups -OCH3 is 1. The molecule has 0 aliphatic carbocycles. The number of amides is 1. The topological polar surface area (TPSA) is 77.0 Å². The summed E-state index contributed by atoms with van der Waals surface area (Å²) >= 11 is 0. The number of esters is 1. The lowest BCUT2D eigenvalue weighted by atomic mass is 9.87. The molecule has 24 heavy (non-hydrogen) atoms. The van der Waals surface area contributed by atoms with E-state index >= 15 is 0 Å². The summed E-state index contributed by atoms with van der Waals surface area (Å²) in [5, 5.41) is 2.75. The largest absolute Gasteiger partial charge is 0.467 e. The van der Waals surface area contributed by atoms with E-state index in [1.165, 1.54) is 13.3 Å². The third kappa shape index (κ3) is 5.08. The van der Waals surface area contributed by atoms with Crippen molar-refractivity contribution in [3.63, 3.8) is 0 Å². The van der Waals surface area contributed by atoms with Gasteiger partial charge in [-0.1, -0.05) is 30.3 Å². The number of aliphatic imine (C=N–C) groups is 1. The number of alkyl carbamates (subject to hydrolysis) is 1. The number of nitrogens with zero attached hydrogens (tertiary/aromatic N) is 1. The molecule has 132 valence electrons. The van der Waals surface area contributed by atoms with E-state index in [1.54, 1.807) is 34.6 Å². The van der Waals surface area contributed by atoms with Gasteiger partial charge in [0.1, 0.15) is 5.60 Å². The number of rotatable bonds is 5. The third-order valence-electron chi connectivity index (χ3n) is 3.35. The van der Waals surface area contributed by atoms with Crippen LogP contribution in [0.3, 0.4) is 0 Å². The fourth-order valence-corrected chi connectivity index (χ4v) is 2.34. The van der Waals surface area contributed by atoms with Gasteiger partial charge in [0.05, 0.1) is 13.2 Å². The van der Waals surface area contributed by atoms with Crippen molar-refractivity contribution in [2.75, 3.05) is 7.11 Å². The van der Waals surface area contributed by atoms with Crippen molar-refractivity contribution >= 4 is 18.3 Å². The smallest absolute Gasteiger partial charge is 0.408 e. The quantitative estimate of drug-likeness (QED) is 0.662. The Labute approximate surface area is 143 Å². The van der Waals surface area contributed by atoms with E-state index in [2.05, 4.69) is 10.3 Å². The van der Waals surface area contributed by atoms with Gasteiger partial charge in [0.25, 0.3) is 0 Å². The van der Waals surface area contributed by atoms with Crippen LogP contribution in [0.25, 0.3) is 0 Å². The van der Waals surface area contributed by atoms with E-state index in [9.17, 15) is 9.59 Å². The lowest BCUT2D eigenvalue weighted by Gasteiger charge is -2.33. The summed E-state index contributed by atoms with van der Waals surface area (Å²) in [5.74, 6) is -0.550. The maximum absolute atomic E-state index is 12.4. The second-order valence-corrected chi connectivity index (χ2v) is 6.52. The van der Waals surface area contributed by atoms with Gasteiger partial charge < -0.3 is 14.8 Å². The fourth-order valence-electron chi connectivity index (χ4n) is 2.34. The molecule has 2 atom stereocenters. The Bertz CT molecular complexity index is 593. The molecule has 0 aliphatic rings. The molecule has 0 radical (unpaired) electrons. The molecule has 0 fully saturated rings. The minimum atomic E-state index is -1.32. The van der Waals surface area contributed by atoms with Crippen LogP contribution in [-0.4, -0.2) is 36.5 Å². The summed E-state index contributed by atoms with van der Waals surface area (Å²) in [6.07, 6.45) is 0.890. The van der Waals surface area contributed by atoms with Crippen molar-refractivity contribution in [2.24, 2.45) is 4.99 Å². The first-order chi connectivity index (χ1) is 11.1. The molecular weight excluding hydrogens is 308 g/mol. The summed E-state index contributed by atoms with van der Waals surface area (Å²) in [6, 6.07) is 8.39. The van der Waals surface area contributed by atoms with Gasteiger partial charge in [0, 0.05) is 0 Å². The van der Waals surface area contributed by atoms with Crippen LogP contribution in [0.5, 0.6) is 0 Å². The van der Waals surface area contributed by atoms with Crippen molar-refractivity contribution < 1.29 is 19.1 Å². The van der Waals surface area contributed by atoms with Crippen molar-refractivity contribution in [3.05, 3.63) is 35.9 Å². The molecule has 0 bridgehead atoms. The highest BCUT2D eigenvalue weighted by molar-refractivity contribution is 5.84. The lowest BCUT2D eigenvalue weighted by molar-refractivity contribution is -0.147. The SMILES string of the molecule is CC=N[C@](C)(C(=O)OC)[C@H](NC(=O)OC(C)(C)C)c1ccccc1. The van der Waals surface area contributed by atoms with Gasteiger partial charge >= 0.3 is 12.1 Å². The molecule has 1 rings (SSSR count). The number of benzene rings is 1. The number of carbonyl (C=O) groups is 2. The Hall–Kier alpha value is -2.37. The molecule has 0 unspecified atom stereocenters. The maximum Gasteiger partial charge on any atom is 0.408 e. The van der Waals surface area contributed by atoms with E-state index in [1.807, 2.05) is 30.3 Å². The Morgan fingerprint density at radius 1 is 1.17 bits per heavy atom. The maximum atomic E-state index is 12.4. The Kier molecular flexibility index (Phi) is 6.51. The van der Waals surface area contributed by atoms with Crippen molar-refractivity contribution in [2.45, 2.75) is 51.8 Å². The molecule has 0 saturated heterocycles. The van der Waals surface area contributed by atoms with Crippen LogP contribution in [0.15, 0.2) is 35.3 Å². The van der Waals surface area contributed by atoms with Gasteiger partial charge in [-0.25, -0.2) is 9.59 Å². The molecule has 1 aromatic carbocycles. The zero-order valence-corrected chi connectivity index (χ0v) is 15.1. The van der Waals surface area contributed by atoms with Crippen molar-refractivity contribution in [1.29, 1.82) is 0 Å². The molecule has 0 saturated carbocycles. The highest BCUT2D eigenvalue weighted by Crippen LogP contribution is 2.31. The number of carbonyl (C=O) groups excluding carboxylic acids is 2. The minimum absolute atomic E-state index is 0.550. The van der Waals surface area contributed by atoms with E-state index < -0.39 is 29.2 Å². The summed E-state index contributed by atoms with van der Waals surface area (Å²) in [7, 11) is 1.29. The highest BCUT2D eigenvalue weighted by Gasteiger charge is 2.44. The molecule has 6 heteroatoms. The van der Waals surface area contributed by atoms with Crippen LogP contribution >= 0.6 is 0 Å². The standard InChI is InChI=1S/C18H26N2O4/c1-7-19-18(5,15(21)23-6)14(13-11-9-8-10-12-13)20-16(22)24-17(2,3)4/h7-12,14H,1-6H3,(H,20,22)/t14-,18+/m1/s1. The normalized spacial score (nSPS) is 15.4. The number of hydrogen-bond acceptors (Lipinski definition) is 5. The van der Waals surface area contributed by atoms with Crippen LogP contribution in [-0.2, 0) is 14.3 Å². The van der Waals surface area contributed by atoms with Gasteiger partial charge in [-0.05, 0) is 46.4 Å². The van der Waals surface area contributed by atoms with Gasteiger partial charge in [-0.2, -0.15) is 0 Å². The molecular formula is C18H26N2O4. The Balaban J connectivity index is 3.28. The molecule has 0 aliphatic heterocycles. The van der Waals surface area contributed by atoms with E-state index in [0.29, 0.717) is 0 Å². The molecule has 1 aromatic rings. The molecule has 0 spiro atoms. The first-order valence-corrected chi connectivity index (χ1v) is 7.76. The first kappa shape index (κ1) is 19.7. The first-order valence-electron chi connectivity index (χ1n) is 7.76. The molecule has 6 nitrogen and oxygen atoms in total. The average Bonchev–Trinajstić information content (AvgIpc) is 2.51. The summed E-state index contributed by atoms with van der Waals surface area (Å²) in [5.41, 5.74) is -1.25. The molecule has 1 N–H and O–H groups in total. The van der Waals surface area contributed by atoms with Crippen molar-refractivity contribution in [3.8, 4) is 0 Å². The van der Waals surface area contributed by atoms with Crippen LogP contribution in [0, 0.1) is 0 Å². The number of ether oxygens (including phenoxy) is 2. The van der Waals surface area contributed by atoms with Gasteiger partial charge in [0.15, 0.2) is 5.54 Å². The zero-order valence-electron chi connectivity index (χ0n) is 15.1. The third-order valence-corrected chi connectivity index (χ3v) is 3.35. The summed E-state index contributed by atoms with van der Waals surface area (Å²) < 4.78 is 10.2. The number of hydrogen-bond donors (Lipinski definition) is 1. The second-order valence-electron chi connectivity index (χ2n) is 6.52. The van der Waals surface area contributed by atoms with E-state index in [4.69, 9.17) is 9.47 Å². The highest BCUT2D eigenvalue weighted by atomic mass is 16.6. The summed E-state index contributed by atoms with van der Waals surface area (Å²) in [6.45, 7) is 8.64. The summed E-state index contributed by atoms with van der Waals surface area (Å²) in [4.78, 5) is 28.9. The lowest BCUT2D eigenvalue weighted by Crippen LogP contribution is -2.49. The minimum Gasteiger partial charge on any atom is -0.467 e. The molecule has 0 heterocycles. The van der Waals surface area contributed by atoms with Crippen LogP contribution < -0.4 is 5.32 Å². The van der Waals surface area contributed by atoms with Gasteiger partial charge in [-0.3, -0.25) is 4.99 Å². The predicted molar refractivity (Wildman–Crippen MR) is 93.1 cm³/mol. The Morgan fingerprint density at radius 3 is 2.21 bits per heavy atom. The average molecular weight is 334 g/mol. The fraction of sp³-hybridized carbons (Fsp3) is 0.500. The monoisotopic (exact) mass is 334 g/mol. The Morgan fingerprint density at radius 2 is 1.75 bits per heavy atom. The van der Waals surface area contributed by atoms with E-state index in [0.717, 1.165) is 5.56 Å². The van der Waals surface area contributed by atoms with Gasteiger partial charge in [0.2, 0.25) is 0 Å². The van der Waals surface area contributed by atoms with Crippen molar-refractivity contribution in [1.82, 2.24) is 5.32 Å². The zero-order chi connectivity index (χ0) is 18.4. The number of nitrogens with one attached hydrogen (secondary N) is 1. The van der Waals surface area contributed by atoms with Crippen LogP contribution in [0.4, 0.5) is 4.79 Å². The van der Waals surface area contributed by atoms with Crippen LogP contribution in [0.2, 0.25) is 0 Å².